The number of hydrogen-bond donors (Lipinski definition) is 2. The second-order valence-electron chi connectivity index (χ2n) is 11.6. The Kier molecular flexibility index (Phi) is 11.3. The Morgan fingerprint density at radius 3 is 2.26 bits per heavy atom. The van der Waals surface area contributed by atoms with E-state index in [0.717, 1.165) is 30.6 Å². The number of ether oxygens (including phenoxy) is 2. The molecule has 42 heavy (non-hydrogen) atoms. The van der Waals surface area contributed by atoms with E-state index in [2.05, 4.69) is 82.1 Å². The zero-order valence-corrected chi connectivity index (χ0v) is 24.8. The summed E-state index contributed by atoms with van der Waals surface area (Å²) in [6.07, 6.45) is 1.59. The summed E-state index contributed by atoms with van der Waals surface area (Å²) in [4.78, 5) is 21.9. The van der Waals surface area contributed by atoms with Gasteiger partial charge in [0.05, 0.1) is 19.1 Å². The van der Waals surface area contributed by atoms with Crippen molar-refractivity contribution in [2.45, 2.75) is 64.4 Å². The minimum absolute atomic E-state index is 0.0424. The largest absolute Gasteiger partial charge is 0.462 e. The fourth-order valence-corrected chi connectivity index (χ4v) is 4.99. The molecule has 5 rings (SSSR count). The molecule has 0 spiro atoms. The summed E-state index contributed by atoms with van der Waals surface area (Å²) in [5.41, 5.74) is 4.32. The number of carbonyl (C=O) groups is 2. The predicted octanol–water partition coefficient (Wildman–Crippen LogP) is 6.32. The summed E-state index contributed by atoms with van der Waals surface area (Å²) in [5.74, 6) is 0.402. The van der Waals surface area contributed by atoms with Gasteiger partial charge in [-0.3, -0.25) is 9.59 Å². The van der Waals surface area contributed by atoms with Crippen molar-refractivity contribution < 1.29 is 19.1 Å². The van der Waals surface area contributed by atoms with Crippen LogP contribution in [0.4, 0.5) is 0 Å². The molecule has 2 unspecified atom stereocenters. The van der Waals surface area contributed by atoms with Gasteiger partial charge in [0, 0.05) is 19.0 Å². The minimum Gasteiger partial charge on any atom is -0.462 e. The highest BCUT2D eigenvalue weighted by molar-refractivity contribution is 5.83. The van der Waals surface area contributed by atoms with Crippen LogP contribution in [0.15, 0.2) is 97.1 Å². The van der Waals surface area contributed by atoms with Crippen LogP contribution >= 0.6 is 0 Å². The Balaban J connectivity index is 0.000000517. The molecule has 1 fully saturated rings. The van der Waals surface area contributed by atoms with Gasteiger partial charge in [-0.25, -0.2) is 0 Å². The molecule has 2 atom stereocenters. The van der Waals surface area contributed by atoms with Gasteiger partial charge in [0.25, 0.3) is 6.47 Å². The maximum absolute atomic E-state index is 12.3. The van der Waals surface area contributed by atoms with Crippen LogP contribution in [0.1, 0.15) is 55.4 Å². The van der Waals surface area contributed by atoms with Gasteiger partial charge < -0.3 is 20.1 Å². The van der Waals surface area contributed by atoms with E-state index in [-0.39, 0.29) is 17.6 Å². The first-order valence-corrected chi connectivity index (χ1v) is 14.6. The lowest BCUT2D eigenvalue weighted by atomic mass is 9.87. The summed E-state index contributed by atoms with van der Waals surface area (Å²) < 4.78 is 11.0. The van der Waals surface area contributed by atoms with Gasteiger partial charge in [-0.2, -0.15) is 0 Å². The van der Waals surface area contributed by atoms with Gasteiger partial charge in [-0.05, 0) is 72.8 Å². The number of fused-ring (bicyclic) bond motifs is 1. The second-order valence-corrected chi connectivity index (χ2v) is 11.6. The van der Waals surface area contributed by atoms with Crippen molar-refractivity contribution >= 4 is 23.2 Å². The van der Waals surface area contributed by atoms with Crippen molar-refractivity contribution in [3.63, 3.8) is 0 Å². The molecule has 0 bridgehead atoms. The number of amides is 1. The van der Waals surface area contributed by atoms with Crippen LogP contribution in [0.5, 0.6) is 0 Å². The molecule has 6 nitrogen and oxygen atoms in total. The van der Waals surface area contributed by atoms with E-state index in [1.165, 1.54) is 21.9 Å². The third-order valence-electron chi connectivity index (χ3n) is 7.21. The Hall–Kier alpha value is -4.00. The number of carbonyl (C=O) groups excluding carboxylic acids is 2. The van der Waals surface area contributed by atoms with Crippen LogP contribution in [0.3, 0.4) is 0 Å². The van der Waals surface area contributed by atoms with Crippen molar-refractivity contribution in [3.05, 3.63) is 119 Å². The summed E-state index contributed by atoms with van der Waals surface area (Å²) >= 11 is 0. The molecule has 1 heterocycles. The Morgan fingerprint density at radius 1 is 0.881 bits per heavy atom. The van der Waals surface area contributed by atoms with Crippen molar-refractivity contribution in [3.8, 4) is 0 Å². The molecule has 0 aromatic heterocycles. The Labute approximate surface area is 249 Å². The van der Waals surface area contributed by atoms with Gasteiger partial charge in [0.15, 0.2) is 0 Å². The van der Waals surface area contributed by atoms with Crippen molar-refractivity contribution in [2.75, 3.05) is 13.1 Å². The maximum atomic E-state index is 12.3. The lowest BCUT2D eigenvalue weighted by molar-refractivity contribution is -0.138. The summed E-state index contributed by atoms with van der Waals surface area (Å²) in [7, 11) is 0. The first kappa shape index (κ1) is 30.9. The first-order valence-electron chi connectivity index (χ1n) is 14.6. The van der Waals surface area contributed by atoms with Crippen molar-refractivity contribution in [1.29, 1.82) is 0 Å². The van der Waals surface area contributed by atoms with Gasteiger partial charge in [-0.15, -0.1) is 0 Å². The number of nitrogens with one attached hydrogen (secondary N) is 2. The molecule has 1 aliphatic rings. The normalized spacial score (nSPS) is 16.6. The van der Waals surface area contributed by atoms with E-state index in [9.17, 15) is 9.59 Å². The number of hydrogen-bond acceptors (Lipinski definition) is 5. The van der Waals surface area contributed by atoms with Gasteiger partial charge >= 0.3 is 0 Å². The highest BCUT2D eigenvalue weighted by Crippen LogP contribution is 2.29. The molecule has 220 valence electrons. The topological polar surface area (TPSA) is 76.7 Å². The Morgan fingerprint density at radius 2 is 1.57 bits per heavy atom. The summed E-state index contributed by atoms with van der Waals surface area (Å²) in [5, 5.41) is 9.03. The number of rotatable bonds is 9. The molecular weight excluding hydrogens is 524 g/mol. The average Bonchev–Trinajstić information content (AvgIpc) is 2.99. The third-order valence-corrected chi connectivity index (χ3v) is 7.21. The molecule has 1 saturated heterocycles. The highest BCUT2D eigenvalue weighted by atomic mass is 16.5. The number of piperidine rings is 1. The van der Waals surface area contributed by atoms with Crippen LogP contribution in [-0.4, -0.2) is 37.2 Å². The van der Waals surface area contributed by atoms with E-state index in [0.29, 0.717) is 32.0 Å². The van der Waals surface area contributed by atoms with Crippen molar-refractivity contribution in [1.82, 2.24) is 10.6 Å². The zero-order valence-electron chi connectivity index (χ0n) is 24.8. The first-order chi connectivity index (χ1) is 20.3. The molecule has 0 aliphatic carbocycles. The van der Waals surface area contributed by atoms with Crippen LogP contribution < -0.4 is 10.6 Å². The van der Waals surface area contributed by atoms with E-state index < -0.39 is 0 Å². The molecule has 0 radical (unpaired) electrons. The molecular formula is C36H42N2O4. The molecule has 4 aromatic carbocycles. The van der Waals surface area contributed by atoms with E-state index in [1.807, 2.05) is 51.1 Å². The zero-order chi connectivity index (χ0) is 29.8. The lowest BCUT2D eigenvalue weighted by Gasteiger charge is -2.32. The summed E-state index contributed by atoms with van der Waals surface area (Å²) in [6, 6.07) is 33.5. The number of benzene rings is 4. The van der Waals surface area contributed by atoms with E-state index in [1.54, 1.807) is 0 Å². The fraction of sp³-hybridized carbons (Fsp3) is 0.333. The molecule has 0 saturated carbocycles. The quantitative estimate of drug-likeness (QED) is 0.232. The molecule has 6 heteroatoms. The molecule has 1 aliphatic heterocycles. The van der Waals surface area contributed by atoms with Crippen LogP contribution in [0.2, 0.25) is 0 Å². The highest BCUT2D eigenvalue weighted by Gasteiger charge is 2.27. The van der Waals surface area contributed by atoms with Crippen LogP contribution in [-0.2, 0) is 38.6 Å². The standard InChI is InChI=1S/C31H32N2O2.C5H10O2/c34-31(19-23-6-2-1-3-7-23)33-20-24-10-14-27(15-11-24)29-16-17-32-21-30(29)35-22-25-12-13-26-8-4-5-9-28(26)18-25;1-5(2,3)7-4-6/h1-15,18,29-30,32H,16-17,19-22H2,(H,33,34);4H,1-3H3. The predicted molar refractivity (Wildman–Crippen MR) is 168 cm³/mol. The SMILES string of the molecule is CC(C)(C)OC=O.O=C(Cc1ccccc1)NCc1ccc(C2CCNCC2OCc2ccc3ccccc3c2)cc1. The third kappa shape index (κ3) is 9.82. The maximum Gasteiger partial charge on any atom is 0.293 e. The van der Waals surface area contributed by atoms with E-state index in [4.69, 9.17) is 4.74 Å². The fourth-order valence-electron chi connectivity index (χ4n) is 4.99. The van der Waals surface area contributed by atoms with E-state index >= 15 is 0 Å². The van der Waals surface area contributed by atoms with Crippen molar-refractivity contribution in [2.24, 2.45) is 0 Å². The lowest BCUT2D eigenvalue weighted by Crippen LogP contribution is -2.41. The monoisotopic (exact) mass is 566 g/mol. The second kappa shape index (κ2) is 15.3. The Bertz CT molecular complexity index is 1410. The summed E-state index contributed by atoms with van der Waals surface area (Å²) in [6.45, 7) is 8.93. The molecule has 1 amide bonds. The molecule has 2 N–H and O–H groups in total. The van der Waals surface area contributed by atoms with Crippen LogP contribution in [0.25, 0.3) is 10.8 Å². The van der Waals surface area contributed by atoms with Gasteiger partial charge in [-0.1, -0.05) is 91.0 Å². The van der Waals surface area contributed by atoms with Crippen LogP contribution in [0, 0.1) is 0 Å². The average molecular weight is 567 g/mol. The smallest absolute Gasteiger partial charge is 0.293 e. The molecule has 4 aromatic rings. The van der Waals surface area contributed by atoms with Gasteiger partial charge in [0.1, 0.15) is 5.60 Å². The van der Waals surface area contributed by atoms with Gasteiger partial charge in [0.2, 0.25) is 5.91 Å². The minimum atomic E-state index is -0.318.